The van der Waals surface area contributed by atoms with Gasteiger partial charge in [-0.1, -0.05) is 48.5 Å². The number of anilines is 2. The molecule has 29 heavy (non-hydrogen) atoms. The van der Waals surface area contributed by atoms with Crippen molar-refractivity contribution in [2.24, 2.45) is 0 Å². The van der Waals surface area contributed by atoms with Gasteiger partial charge in [-0.2, -0.15) is 18.2 Å². The Morgan fingerprint density at radius 1 is 0.897 bits per heavy atom. The molecule has 0 spiro atoms. The summed E-state index contributed by atoms with van der Waals surface area (Å²) >= 11 is 0. The molecule has 4 rings (SSSR count). The summed E-state index contributed by atoms with van der Waals surface area (Å²) in [6.07, 6.45) is -3.31. The molecule has 8 heteroatoms. The Hall–Kier alpha value is -3.68. The fourth-order valence-corrected chi connectivity index (χ4v) is 3.12. The van der Waals surface area contributed by atoms with Crippen molar-refractivity contribution >= 4 is 22.7 Å². The fourth-order valence-electron chi connectivity index (χ4n) is 3.12. The van der Waals surface area contributed by atoms with Gasteiger partial charge in [0.1, 0.15) is 5.65 Å². The van der Waals surface area contributed by atoms with E-state index in [2.05, 4.69) is 15.3 Å². The van der Waals surface area contributed by atoms with Gasteiger partial charge < -0.3 is 5.32 Å². The van der Waals surface area contributed by atoms with Crippen LogP contribution in [0.2, 0.25) is 0 Å². The van der Waals surface area contributed by atoms with E-state index in [1.807, 2.05) is 6.07 Å². The summed E-state index contributed by atoms with van der Waals surface area (Å²) in [7, 11) is 0. The average Bonchev–Trinajstić information content (AvgIpc) is 2.71. The molecule has 1 N–H and O–H groups in total. The quantitative estimate of drug-likeness (QED) is 0.544. The zero-order valence-electron chi connectivity index (χ0n) is 15.0. The maximum Gasteiger partial charge on any atom is 0.413 e. The minimum Gasteiger partial charge on any atom is -0.324 e. The highest BCUT2D eigenvalue weighted by molar-refractivity contribution is 5.76. The average molecular weight is 396 g/mol. The van der Waals surface area contributed by atoms with Crippen molar-refractivity contribution < 1.29 is 13.2 Å². The molecule has 1 unspecified atom stereocenters. The van der Waals surface area contributed by atoms with E-state index >= 15 is 0 Å². The van der Waals surface area contributed by atoms with Crippen LogP contribution < -0.4 is 10.9 Å². The van der Waals surface area contributed by atoms with Crippen molar-refractivity contribution in [2.45, 2.75) is 12.2 Å². The molecule has 0 saturated carbocycles. The molecule has 0 fully saturated rings. The number of rotatable bonds is 4. The number of nitrogens with zero attached hydrogens (tertiary/aromatic N) is 3. The van der Waals surface area contributed by atoms with Gasteiger partial charge in [-0.3, -0.25) is 9.36 Å². The van der Waals surface area contributed by atoms with Gasteiger partial charge in [0.25, 0.3) is 5.56 Å². The van der Waals surface area contributed by atoms with Crippen molar-refractivity contribution in [1.82, 2.24) is 14.5 Å². The minimum atomic E-state index is -4.70. The number of hydrogen-bond donors (Lipinski definition) is 1. The first-order valence-electron chi connectivity index (χ1n) is 8.75. The summed E-state index contributed by atoms with van der Waals surface area (Å²) in [5.41, 5.74) is -0.275. The van der Waals surface area contributed by atoms with E-state index in [-0.39, 0.29) is 17.2 Å². The molecule has 0 bridgehead atoms. The lowest BCUT2D eigenvalue weighted by atomic mass is 10.1. The molecule has 146 valence electrons. The van der Waals surface area contributed by atoms with Gasteiger partial charge in [-0.15, -0.1) is 0 Å². The summed E-state index contributed by atoms with van der Waals surface area (Å²) in [4.78, 5) is 20.9. The standard InChI is InChI=1S/C21H15F3N4O/c22-21(23,24)18(14-7-3-1-4-8-14)28-17(29)12-11-15-13-25-20(27-19(15)28)26-16-9-5-2-6-10-16/h1-13,18H,(H,25,26,27). The highest BCUT2D eigenvalue weighted by Gasteiger charge is 2.43. The fraction of sp³-hybridized carbons (Fsp3) is 0.0952. The second-order valence-corrected chi connectivity index (χ2v) is 6.36. The first-order valence-corrected chi connectivity index (χ1v) is 8.75. The molecule has 2 aromatic heterocycles. The smallest absolute Gasteiger partial charge is 0.324 e. The summed E-state index contributed by atoms with van der Waals surface area (Å²) in [6, 6.07) is 16.6. The molecular weight excluding hydrogens is 381 g/mol. The molecule has 0 aliphatic rings. The van der Waals surface area contributed by atoms with Crippen LogP contribution in [0.1, 0.15) is 11.6 Å². The van der Waals surface area contributed by atoms with E-state index in [9.17, 15) is 18.0 Å². The molecule has 0 radical (unpaired) electrons. The lowest BCUT2D eigenvalue weighted by molar-refractivity contribution is -0.156. The van der Waals surface area contributed by atoms with Gasteiger partial charge in [0.15, 0.2) is 6.04 Å². The SMILES string of the molecule is O=c1ccc2cnc(Nc3ccccc3)nc2n1C(c1ccccc1)C(F)(F)F. The Labute approximate surface area is 163 Å². The van der Waals surface area contributed by atoms with E-state index in [1.165, 1.54) is 36.5 Å². The molecule has 0 aliphatic carbocycles. The van der Waals surface area contributed by atoms with E-state index in [4.69, 9.17) is 0 Å². The molecule has 5 nitrogen and oxygen atoms in total. The number of alkyl halides is 3. The van der Waals surface area contributed by atoms with E-state index in [0.717, 1.165) is 6.07 Å². The Morgan fingerprint density at radius 3 is 2.21 bits per heavy atom. The maximum atomic E-state index is 14.0. The summed E-state index contributed by atoms with van der Waals surface area (Å²) in [5.74, 6) is 0.0945. The second-order valence-electron chi connectivity index (χ2n) is 6.36. The van der Waals surface area contributed by atoms with Crippen LogP contribution in [0, 0.1) is 0 Å². The number of benzene rings is 2. The molecule has 2 heterocycles. The number of aromatic nitrogens is 3. The predicted octanol–water partition coefficient (Wildman–Crippen LogP) is 4.69. The number of halogens is 3. The third-order valence-electron chi connectivity index (χ3n) is 4.38. The second kappa shape index (κ2) is 7.38. The van der Waals surface area contributed by atoms with Gasteiger partial charge >= 0.3 is 6.18 Å². The maximum absolute atomic E-state index is 14.0. The Kier molecular flexibility index (Phi) is 4.75. The van der Waals surface area contributed by atoms with E-state index in [0.29, 0.717) is 15.6 Å². The third kappa shape index (κ3) is 3.82. The van der Waals surface area contributed by atoms with Crippen LogP contribution in [-0.2, 0) is 0 Å². The van der Waals surface area contributed by atoms with Crippen molar-refractivity contribution in [3.63, 3.8) is 0 Å². The topological polar surface area (TPSA) is 59.8 Å². The number of nitrogens with one attached hydrogen (secondary N) is 1. The molecule has 1 atom stereocenters. The Bertz CT molecular complexity index is 1190. The van der Waals surface area contributed by atoms with Gasteiger partial charge in [0, 0.05) is 23.3 Å². The molecule has 2 aromatic carbocycles. The van der Waals surface area contributed by atoms with Crippen molar-refractivity contribution in [1.29, 1.82) is 0 Å². The lowest BCUT2D eigenvalue weighted by Crippen LogP contribution is -2.35. The Balaban J connectivity index is 1.91. The zero-order chi connectivity index (χ0) is 20.4. The van der Waals surface area contributed by atoms with Crippen LogP contribution in [0.5, 0.6) is 0 Å². The van der Waals surface area contributed by atoms with Crippen molar-refractivity contribution in [2.75, 3.05) is 5.32 Å². The molecule has 0 aliphatic heterocycles. The summed E-state index contributed by atoms with van der Waals surface area (Å²) in [6.45, 7) is 0. The zero-order valence-corrected chi connectivity index (χ0v) is 15.0. The lowest BCUT2D eigenvalue weighted by Gasteiger charge is -2.24. The van der Waals surface area contributed by atoms with Crippen LogP contribution in [0.4, 0.5) is 24.8 Å². The largest absolute Gasteiger partial charge is 0.413 e. The predicted molar refractivity (Wildman–Crippen MR) is 104 cm³/mol. The highest BCUT2D eigenvalue weighted by atomic mass is 19.4. The van der Waals surface area contributed by atoms with Crippen LogP contribution in [0.3, 0.4) is 0 Å². The number of fused-ring (bicyclic) bond motifs is 1. The van der Waals surface area contributed by atoms with Gasteiger partial charge in [0.05, 0.1) is 0 Å². The first kappa shape index (κ1) is 18.7. The minimum absolute atomic E-state index is 0.0502. The Morgan fingerprint density at radius 2 is 1.55 bits per heavy atom. The third-order valence-corrected chi connectivity index (χ3v) is 4.38. The van der Waals surface area contributed by atoms with E-state index < -0.39 is 17.8 Å². The van der Waals surface area contributed by atoms with Crippen molar-refractivity contribution in [3.8, 4) is 0 Å². The number of para-hydroxylation sites is 1. The summed E-state index contributed by atoms with van der Waals surface area (Å²) < 4.78 is 42.8. The van der Waals surface area contributed by atoms with Crippen LogP contribution in [0.25, 0.3) is 11.0 Å². The van der Waals surface area contributed by atoms with Crippen LogP contribution in [0.15, 0.2) is 83.8 Å². The summed E-state index contributed by atoms with van der Waals surface area (Å²) in [5, 5.41) is 3.27. The van der Waals surface area contributed by atoms with Crippen LogP contribution in [-0.4, -0.2) is 20.7 Å². The normalized spacial score (nSPS) is 12.7. The molecule has 0 saturated heterocycles. The molecular formula is C21H15F3N4O. The van der Waals surface area contributed by atoms with Gasteiger partial charge in [0.2, 0.25) is 5.95 Å². The highest BCUT2D eigenvalue weighted by Crippen LogP contribution is 2.36. The van der Waals surface area contributed by atoms with E-state index in [1.54, 1.807) is 30.3 Å². The monoisotopic (exact) mass is 396 g/mol. The number of hydrogen-bond acceptors (Lipinski definition) is 4. The first-order chi connectivity index (χ1) is 13.9. The molecule has 0 amide bonds. The number of pyridine rings is 1. The van der Waals surface area contributed by atoms with Gasteiger partial charge in [-0.05, 0) is 23.8 Å². The van der Waals surface area contributed by atoms with Gasteiger partial charge in [-0.25, -0.2) is 4.98 Å². The van der Waals surface area contributed by atoms with Crippen LogP contribution >= 0.6 is 0 Å². The molecule has 4 aromatic rings. The van der Waals surface area contributed by atoms with Crippen molar-refractivity contribution in [3.05, 3.63) is 94.9 Å².